The maximum absolute atomic E-state index is 4.78. The summed E-state index contributed by atoms with van der Waals surface area (Å²) in [5, 5.41) is 0. The summed E-state index contributed by atoms with van der Waals surface area (Å²) in [6.07, 6.45) is 2.84. The van der Waals surface area contributed by atoms with Crippen LogP contribution >= 0.6 is 15.9 Å². The lowest BCUT2D eigenvalue weighted by atomic mass is 10.1. The van der Waals surface area contributed by atoms with E-state index in [2.05, 4.69) is 82.4 Å². The fourth-order valence-electron chi connectivity index (χ4n) is 2.56. The molecule has 3 heteroatoms. The molecule has 112 valence electrons. The van der Waals surface area contributed by atoms with E-state index in [1.807, 2.05) is 0 Å². The predicted octanol–water partition coefficient (Wildman–Crippen LogP) is 4.86. The van der Waals surface area contributed by atoms with E-state index in [1.54, 1.807) is 0 Å². The number of halogens is 1. The number of aromatic amines is 1. The van der Waals surface area contributed by atoms with Gasteiger partial charge in [0.15, 0.2) is 0 Å². The van der Waals surface area contributed by atoms with Gasteiger partial charge in [0.05, 0.1) is 5.69 Å². The number of hydrogen-bond donors (Lipinski definition) is 1. The lowest BCUT2D eigenvalue weighted by Crippen LogP contribution is -1.94. The molecule has 22 heavy (non-hydrogen) atoms. The summed E-state index contributed by atoms with van der Waals surface area (Å²) >= 11 is 3.47. The zero-order chi connectivity index (χ0) is 15.4. The number of nitrogens with zero attached hydrogens (tertiary/aromatic N) is 1. The molecule has 0 spiro atoms. The Morgan fingerprint density at radius 1 is 0.909 bits per heavy atom. The van der Waals surface area contributed by atoms with Gasteiger partial charge in [0.2, 0.25) is 0 Å². The van der Waals surface area contributed by atoms with Gasteiger partial charge >= 0.3 is 0 Å². The minimum Gasteiger partial charge on any atom is -0.346 e. The van der Waals surface area contributed by atoms with Gasteiger partial charge in [-0.3, -0.25) is 0 Å². The number of aromatic nitrogens is 2. The average molecular weight is 355 g/mol. The predicted molar refractivity (Wildman–Crippen MR) is 94.1 cm³/mol. The summed E-state index contributed by atoms with van der Waals surface area (Å²) in [5.74, 6) is 1.08. The van der Waals surface area contributed by atoms with Gasteiger partial charge in [-0.05, 0) is 36.6 Å². The minimum absolute atomic E-state index is 0.876. The van der Waals surface area contributed by atoms with Crippen molar-refractivity contribution in [3.8, 4) is 0 Å². The molecule has 2 nitrogen and oxygen atoms in total. The minimum atomic E-state index is 0.876. The highest BCUT2D eigenvalue weighted by Crippen LogP contribution is 2.16. The summed E-state index contributed by atoms with van der Waals surface area (Å²) in [6, 6.07) is 19.0. The Balaban J connectivity index is 1.67. The SMILES string of the molecule is Cc1[nH]c(CCc2ccccc2)nc1Cc1ccc(Br)cc1. The summed E-state index contributed by atoms with van der Waals surface area (Å²) in [7, 11) is 0. The highest BCUT2D eigenvalue weighted by molar-refractivity contribution is 9.10. The van der Waals surface area contributed by atoms with Crippen molar-refractivity contribution in [1.29, 1.82) is 0 Å². The van der Waals surface area contributed by atoms with E-state index in [4.69, 9.17) is 4.98 Å². The summed E-state index contributed by atoms with van der Waals surface area (Å²) in [6.45, 7) is 2.10. The maximum Gasteiger partial charge on any atom is 0.106 e. The largest absolute Gasteiger partial charge is 0.346 e. The third-order valence-electron chi connectivity index (χ3n) is 3.81. The topological polar surface area (TPSA) is 28.7 Å². The fourth-order valence-corrected chi connectivity index (χ4v) is 2.82. The molecule has 0 amide bonds. The molecule has 0 fully saturated rings. The van der Waals surface area contributed by atoms with E-state index in [-0.39, 0.29) is 0 Å². The Morgan fingerprint density at radius 2 is 1.64 bits per heavy atom. The molecule has 3 aromatic rings. The van der Waals surface area contributed by atoms with E-state index in [9.17, 15) is 0 Å². The lowest BCUT2D eigenvalue weighted by Gasteiger charge is -2.00. The van der Waals surface area contributed by atoms with Crippen LogP contribution in [0.5, 0.6) is 0 Å². The molecular weight excluding hydrogens is 336 g/mol. The standard InChI is InChI=1S/C19H19BrN2/c1-14-18(13-16-7-10-17(20)11-8-16)22-19(21-14)12-9-15-5-3-2-4-6-15/h2-8,10-11H,9,12-13H2,1H3,(H,21,22). The van der Waals surface area contributed by atoms with Crippen LogP contribution in [0.3, 0.4) is 0 Å². The molecule has 0 aliphatic heterocycles. The van der Waals surface area contributed by atoms with Crippen LogP contribution < -0.4 is 0 Å². The second-order valence-corrected chi connectivity index (χ2v) is 6.46. The Hall–Kier alpha value is -1.87. The van der Waals surface area contributed by atoms with Crippen LogP contribution in [0.4, 0.5) is 0 Å². The van der Waals surface area contributed by atoms with Crippen molar-refractivity contribution < 1.29 is 0 Å². The van der Waals surface area contributed by atoms with Gasteiger partial charge in [0, 0.05) is 23.0 Å². The molecule has 0 aliphatic rings. The van der Waals surface area contributed by atoms with Gasteiger partial charge in [-0.1, -0.05) is 58.4 Å². The molecule has 0 unspecified atom stereocenters. The van der Waals surface area contributed by atoms with Crippen LogP contribution in [0.15, 0.2) is 59.1 Å². The summed E-state index contributed by atoms with van der Waals surface area (Å²) in [5.41, 5.74) is 4.95. The van der Waals surface area contributed by atoms with Crippen molar-refractivity contribution in [2.75, 3.05) is 0 Å². The van der Waals surface area contributed by atoms with Gasteiger partial charge in [0.25, 0.3) is 0 Å². The van der Waals surface area contributed by atoms with E-state index < -0.39 is 0 Å². The molecule has 1 heterocycles. The number of H-pyrrole nitrogens is 1. The lowest BCUT2D eigenvalue weighted by molar-refractivity contribution is 0.876. The number of nitrogens with one attached hydrogen (secondary N) is 1. The Bertz CT molecular complexity index is 730. The van der Waals surface area contributed by atoms with Crippen molar-refractivity contribution in [3.05, 3.63) is 87.4 Å². The second-order valence-electron chi connectivity index (χ2n) is 5.54. The molecule has 2 aromatic carbocycles. The van der Waals surface area contributed by atoms with Gasteiger partial charge in [-0.2, -0.15) is 0 Å². The van der Waals surface area contributed by atoms with Crippen LogP contribution in [0.2, 0.25) is 0 Å². The first-order valence-corrected chi connectivity index (χ1v) is 8.33. The Kier molecular flexibility index (Phi) is 4.74. The van der Waals surface area contributed by atoms with E-state index in [0.717, 1.165) is 35.3 Å². The monoisotopic (exact) mass is 354 g/mol. The van der Waals surface area contributed by atoms with Crippen LogP contribution in [-0.2, 0) is 19.3 Å². The molecule has 0 atom stereocenters. The highest BCUT2D eigenvalue weighted by Gasteiger charge is 2.08. The van der Waals surface area contributed by atoms with E-state index in [1.165, 1.54) is 16.8 Å². The molecule has 0 saturated heterocycles. The third-order valence-corrected chi connectivity index (χ3v) is 4.34. The normalized spacial score (nSPS) is 10.8. The van der Waals surface area contributed by atoms with Crippen LogP contribution in [0.1, 0.15) is 28.3 Å². The number of aryl methyl sites for hydroxylation is 3. The number of imidazole rings is 1. The van der Waals surface area contributed by atoms with E-state index in [0.29, 0.717) is 0 Å². The average Bonchev–Trinajstić information content (AvgIpc) is 2.89. The van der Waals surface area contributed by atoms with Crippen molar-refractivity contribution in [2.45, 2.75) is 26.2 Å². The van der Waals surface area contributed by atoms with Gasteiger partial charge in [-0.15, -0.1) is 0 Å². The molecule has 1 N–H and O–H groups in total. The van der Waals surface area contributed by atoms with Gasteiger partial charge in [0.1, 0.15) is 5.82 Å². The van der Waals surface area contributed by atoms with Crippen LogP contribution in [-0.4, -0.2) is 9.97 Å². The number of hydrogen-bond acceptors (Lipinski definition) is 1. The summed E-state index contributed by atoms with van der Waals surface area (Å²) in [4.78, 5) is 8.20. The first-order chi connectivity index (χ1) is 10.7. The molecule has 0 saturated carbocycles. The van der Waals surface area contributed by atoms with Crippen LogP contribution in [0, 0.1) is 6.92 Å². The Morgan fingerprint density at radius 3 is 2.36 bits per heavy atom. The first-order valence-electron chi connectivity index (χ1n) is 7.53. The summed E-state index contributed by atoms with van der Waals surface area (Å²) < 4.78 is 1.11. The molecular formula is C19H19BrN2. The first kappa shape index (κ1) is 15.0. The molecule has 1 aromatic heterocycles. The zero-order valence-corrected chi connectivity index (χ0v) is 14.2. The molecule has 0 bridgehead atoms. The van der Waals surface area contributed by atoms with Crippen molar-refractivity contribution in [3.63, 3.8) is 0 Å². The highest BCUT2D eigenvalue weighted by atomic mass is 79.9. The van der Waals surface area contributed by atoms with Crippen molar-refractivity contribution >= 4 is 15.9 Å². The molecule has 0 aliphatic carbocycles. The number of rotatable bonds is 5. The quantitative estimate of drug-likeness (QED) is 0.696. The Labute approximate surface area is 139 Å². The zero-order valence-electron chi connectivity index (χ0n) is 12.6. The van der Waals surface area contributed by atoms with Crippen molar-refractivity contribution in [2.24, 2.45) is 0 Å². The smallest absolute Gasteiger partial charge is 0.106 e. The maximum atomic E-state index is 4.78. The molecule has 0 radical (unpaired) electrons. The van der Waals surface area contributed by atoms with Crippen molar-refractivity contribution in [1.82, 2.24) is 9.97 Å². The third kappa shape index (κ3) is 3.86. The van der Waals surface area contributed by atoms with Gasteiger partial charge in [-0.25, -0.2) is 4.98 Å². The molecule has 3 rings (SSSR count). The fraction of sp³-hybridized carbons (Fsp3) is 0.211. The number of benzene rings is 2. The van der Waals surface area contributed by atoms with Crippen LogP contribution in [0.25, 0.3) is 0 Å². The van der Waals surface area contributed by atoms with Gasteiger partial charge < -0.3 is 4.98 Å². The second kappa shape index (κ2) is 6.93. The van der Waals surface area contributed by atoms with E-state index >= 15 is 0 Å².